The summed E-state index contributed by atoms with van der Waals surface area (Å²) in [7, 11) is 0. The molecular weight excluding hydrogens is 474 g/mol. The van der Waals surface area contributed by atoms with Crippen molar-refractivity contribution in [1.29, 1.82) is 0 Å². The third kappa shape index (κ3) is 5.08. The van der Waals surface area contributed by atoms with Crippen LogP contribution in [0.4, 0.5) is 0 Å². The molecule has 8 heteroatoms. The molecule has 164 valence electrons. The number of rotatable bonds is 6. The minimum Gasteiger partial charge on any atom is -0.483 e. The standard InChI is InChI=1S/C24H22BrN3O4/c25-23-19-9-5-4-8-17(19)10-11-20(23)32-15-21(29)26-27-24(31)18-12-22(30)28(14-18)13-16-6-2-1-3-7-16/h1-11,18H,12-15H2,(H,26,29)(H,27,31). The van der Waals surface area contributed by atoms with Gasteiger partial charge in [0.25, 0.3) is 5.91 Å². The number of likely N-dealkylation sites (tertiary alicyclic amines) is 1. The van der Waals surface area contributed by atoms with Gasteiger partial charge in [0.1, 0.15) is 5.75 Å². The lowest BCUT2D eigenvalue weighted by molar-refractivity contribution is -0.132. The van der Waals surface area contributed by atoms with Crippen LogP contribution in [0.5, 0.6) is 5.75 Å². The Morgan fingerprint density at radius 2 is 1.75 bits per heavy atom. The molecule has 1 atom stereocenters. The van der Waals surface area contributed by atoms with Crippen molar-refractivity contribution in [2.75, 3.05) is 13.2 Å². The molecule has 0 bridgehead atoms. The summed E-state index contributed by atoms with van der Waals surface area (Å²) in [5, 5.41) is 2.03. The van der Waals surface area contributed by atoms with Gasteiger partial charge in [0.15, 0.2) is 6.61 Å². The lowest BCUT2D eigenvalue weighted by Gasteiger charge is -2.17. The van der Waals surface area contributed by atoms with Gasteiger partial charge in [-0.15, -0.1) is 0 Å². The second-order valence-electron chi connectivity index (χ2n) is 7.59. The van der Waals surface area contributed by atoms with Crippen LogP contribution in [0.2, 0.25) is 0 Å². The second-order valence-corrected chi connectivity index (χ2v) is 8.38. The van der Waals surface area contributed by atoms with Crippen molar-refractivity contribution in [3.63, 3.8) is 0 Å². The maximum atomic E-state index is 12.4. The number of ether oxygens (including phenoxy) is 1. The largest absolute Gasteiger partial charge is 0.483 e. The zero-order valence-electron chi connectivity index (χ0n) is 17.2. The molecule has 4 rings (SSSR count). The van der Waals surface area contributed by atoms with Gasteiger partial charge in [0, 0.05) is 19.5 Å². The molecule has 0 aromatic heterocycles. The van der Waals surface area contributed by atoms with E-state index in [2.05, 4.69) is 26.8 Å². The predicted molar refractivity (Wildman–Crippen MR) is 123 cm³/mol. The number of hydrogen-bond acceptors (Lipinski definition) is 4. The summed E-state index contributed by atoms with van der Waals surface area (Å²) < 4.78 is 6.35. The number of benzene rings is 3. The first kappa shape index (κ1) is 21.8. The second kappa shape index (κ2) is 9.82. The molecule has 0 saturated carbocycles. The third-order valence-electron chi connectivity index (χ3n) is 5.31. The maximum Gasteiger partial charge on any atom is 0.276 e. The van der Waals surface area contributed by atoms with E-state index in [1.807, 2.05) is 60.7 Å². The average molecular weight is 496 g/mol. The number of amides is 3. The van der Waals surface area contributed by atoms with Crippen LogP contribution in [0.15, 0.2) is 71.2 Å². The Balaban J connectivity index is 1.25. The normalized spacial score (nSPS) is 15.6. The van der Waals surface area contributed by atoms with Gasteiger partial charge in [-0.3, -0.25) is 25.2 Å². The molecule has 0 aliphatic carbocycles. The molecule has 32 heavy (non-hydrogen) atoms. The zero-order chi connectivity index (χ0) is 22.5. The van der Waals surface area contributed by atoms with Crippen LogP contribution in [0, 0.1) is 5.92 Å². The van der Waals surface area contributed by atoms with Crippen LogP contribution >= 0.6 is 15.9 Å². The number of nitrogens with one attached hydrogen (secondary N) is 2. The predicted octanol–water partition coefficient (Wildman–Crippen LogP) is 3.18. The van der Waals surface area contributed by atoms with Crippen molar-refractivity contribution >= 4 is 44.4 Å². The lowest BCUT2D eigenvalue weighted by Crippen LogP contribution is -2.46. The van der Waals surface area contributed by atoms with Crippen molar-refractivity contribution in [2.45, 2.75) is 13.0 Å². The molecule has 7 nitrogen and oxygen atoms in total. The summed E-state index contributed by atoms with van der Waals surface area (Å²) in [5.41, 5.74) is 5.76. The fourth-order valence-corrected chi connectivity index (χ4v) is 4.25. The monoisotopic (exact) mass is 495 g/mol. The van der Waals surface area contributed by atoms with Gasteiger partial charge in [0.2, 0.25) is 11.8 Å². The van der Waals surface area contributed by atoms with Gasteiger partial charge >= 0.3 is 0 Å². The highest BCUT2D eigenvalue weighted by Crippen LogP contribution is 2.32. The Morgan fingerprint density at radius 3 is 2.56 bits per heavy atom. The van der Waals surface area contributed by atoms with E-state index in [1.54, 1.807) is 11.0 Å². The average Bonchev–Trinajstić information content (AvgIpc) is 3.18. The first-order chi connectivity index (χ1) is 15.5. The van der Waals surface area contributed by atoms with Crippen LogP contribution < -0.4 is 15.6 Å². The van der Waals surface area contributed by atoms with E-state index in [0.717, 1.165) is 20.8 Å². The molecule has 3 amide bonds. The van der Waals surface area contributed by atoms with Gasteiger partial charge in [0.05, 0.1) is 10.4 Å². The van der Waals surface area contributed by atoms with E-state index in [4.69, 9.17) is 4.74 Å². The Morgan fingerprint density at radius 1 is 1.00 bits per heavy atom. The van der Waals surface area contributed by atoms with E-state index >= 15 is 0 Å². The molecule has 1 heterocycles. The van der Waals surface area contributed by atoms with Gasteiger partial charge in [-0.2, -0.15) is 0 Å². The molecule has 1 saturated heterocycles. The molecule has 1 aliphatic heterocycles. The van der Waals surface area contributed by atoms with Gasteiger partial charge in [-0.05, 0) is 38.3 Å². The van der Waals surface area contributed by atoms with E-state index in [-0.39, 0.29) is 18.9 Å². The topological polar surface area (TPSA) is 87.7 Å². The molecule has 3 aromatic rings. The molecular formula is C24H22BrN3O4. The zero-order valence-corrected chi connectivity index (χ0v) is 18.8. The molecule has 3 aromatic carbocycles. The van der Waals surface area contributed by atoms with Crippen molar-refractivity contribution in [3.8, 4) is 5.75 Å². The van der Waals surface area contributed by atoms with Crippen LogP contribution in [-0.4, -0.2) is 35.8 Å². The summed E-state index contributed by atoms with van der Waals surface area (Å²) in [6, 6.07) is 21.1. The number of hydrogen-bond donors (Lipinski definition) is 2. The lowest BCUT2D eigenvalue weighted by atomic mass is 10.1. The highest BCUT2D eigenvalue weighted by molar-refractivity contribution is 9.10. The molecule has 1 fully saturated rings. The maximum absolute atomic E-state index is 12.4. The SMILES string of the molecule is O=C(COc1ccc2ccccc2c1Br)NNC(=O)C1CC(=O)N(Cc2ccccc2)C1. The van der Waals surface area contributed by atoms with Crippen molar-refractivity contribution in [1.82, 2.24) is 15.8 Å². The van der Waals surface area contributed by atoms with Gasteiger partial charge in [-0.25, -0.2) is 0 Å². The van der Waals surface area contributed by atoms with Crippen molar-refractivity contribution in [3.05, 3.63) is 76.8 Å². The number of halogens is 1. The fourth-order valence-electron chi connectivity index (χ4n) is 3.64. The van der Waals surface area contributed by atoms with Gasteiger partial charge < -0.3 is 9.64 Å². The quantitative estimate of drug-likeness (QED) is 0.514. The van der Waals surface area contributed by atoms with Crippen LogP contribution in [0.3, 0.4) is 0 Å². The van der Waals surface area contributed by atoms with E-state index in [9.17, 15) is 14.4 Å². The summed E-state index contributed by atoms with van der Waals surface area (Å²) in [5.74, 6) is -0.951. The molecule has 0 spiro atoms. The highest BCUT2D eigenvalue weighted by atomic mass is 79.9. The smallest absolute Gasteiger partial charge is 0.276 e. The fraction of sp³-hybridized carbons (Fsp3) is 0.208. The first-order valence-electron chi connectivity index (χ1n) is 10.2. The Labute approximate surface area is 193 Å². The number of carbonyl (C=O) groups excluding carboxylic acids is 3. The van der Waals surface area contributed by atoms with E-state index in [1.165, 1.54) is 0 Å². The number of carbonyl (C=O) groups is 3. The summed E-state index contributed by atoms with van der Waals surface area (Å²) in [6.07, 6.45) is 0.120. The summed E-state index contributed by atoms with van der Waals surface area (Å²) in [6.45, 7) is 0.515. The minimum atomic E-state index is -0.512. The number of nitrogens with zero attached hydrogens (tertiary/aromatic N) is 1. The summed E-state index contributed by atoms with van der Waals surface area (Å²) in [4.78, 5) is 38.5. The number of fused-ring (bicyclic) bond motifs is 1. The Bertz CT molecular complexity index is 1150. The Kier molecular flexibility index (Phi) is 6.70. The number of hydrazine groups is 1. The summed E-state index contributed by atoms with van der Waals surface area (Å²) >= 11 is 3.51. The highest BCUT2D eigenvalue weighted by Gasteiger charge is 2.34. The molecule has 1 aliphatic rings. The van der Waals surface area contributed by atoms with Crippen molar-refractivity contribution < 1.29 is 19.1 Å². The van der Waals surface area contributed by atoms with Crippen LogP contribution in [-0.2, 0) is 20.9 Å². The van der Waals surface area contributed by atoms with Crippen molar-refractivity contribution in [2.24, 2.45) is 5.92 Å². The Hall–Kier alpha value is -3.39. The van der Waals surface area contributed by atoms with Gasteiger partial charge in [-0.1, -0.05) is 60.7 Å². The van der Waals surface area contributed by atoms with Crippen LogP contribution in [0.25, 0.3) is 10.8 Å². The molecule has 2 N–H and O–H groups in total. The molecule has 0 radical (unpaired) electrons. The molecule has 1 unspecified atom stereocenters. The minimum absolute atomic E-state index is 0.0789. The van der Waals surface area contributed by atoms with Crippen LogP contribution in [0.1, 0.15) is 12.0 Å². The third-order valence-corrected chi connectivity index (χ3v) is 6.13. The van der Waals surface area contributed by atoms with E-state index < -0.39 is 17.7 Å². The first-order valence-corrected chi connectivity index (χ1v) is 11.0. The van der Waals surface area contributed by atoms with E-state index in [0.29, 0.717) is 18.8 Å².